The summed E-state index contributed by atoms with van der Waals surface area (Å²) in [6.45, 7) is 0. The van der Waals surface area contributed by atoms with Crippen LogP contribution in [0.15, 0.2) is 0 Å². The first-order valence-corrected chi connectivity index (χ1v) is 0. The molecule has 0 spiro atoms. The first-order chi connectivity index (χ1) is 0. The Morgan fingerprint density at radius 3 is 0.500 bits per heavy atom. The third-order valence-electron chi connectivity index (χ3n) is 0. The Hall–Kier alpha value is 4.26. The first-order valence-electron chi connectivity index (χ1n) is 0. The summed E-state index contributed by atoms with van der Waals surface area (Å²) in [7, 11) is 0. The van der Waals surface area contributed by atoms with Gasteiger partial charge < -0.3 is 0 Å². The van der Waals surface area contributed by atoms with Crippen LogP contribution in [0.2, 0.25) is 0 Å². The Morgan fingerprint density at radius 2 is 0.500 bits per heavy atom. The van der Waals surface area contributed by atoms with Crippen molar-refractivity contribution >= 4 is 88.7 Å². The van der Waals surface area contributed by atoms with E-state index >= 15 is 0 Å². The Balaban J connectivity index is 0. The van der Waals surface area contributed by atoms with Crippen LogP contribution in [0, 0.1) is 37.7 Å². The van der Waals surface area contributed by atoms with Gasteiger partial charge in [-0.2, -0.15) is 0 Å². The van der Waals surface area contributed by atoms with Crippen LogP contribution in [0.1, 0.15) is 0 Å². The topological polar surface area (TPSA) is 0 Å². The van der Waals surface area contributed by atoms with Crippen LogP contribution in [0.25, 0.3) is 0 Å². The molecule has 17 valence electrons. The van der Waals surface area contributed by atoms with E-state index in [4.69, 9.17) is 0 Å². The second-order valence-electron chi connectivity index (χ2n) is 0. The molecule has 0 aromatic rings. The van der Waals surface area contributed by atoms with E-state index in [1.165, 1.54) is 0 Å². The molecule has 0 bridgehead atoms. The van der Waals surface area contributed by atoms with E-state index in [2.05, 4.69) is 0 Å². The molecule has 0 N–H and O–H groups in total. The van der Waals surface area contributed by atoms with Gasteiger partial charge in [0.1, 0.15) is 0 Å². The average molecular weight is 237 g/mol. The Labute approximate surface area is 123 Å². The minimum absolute atomic E-state index is 0. The fourth-order valence-electron chi connectivity index (χ4n) is 0. The van der Waals surface area contributed by atoms with Gasteiger partial charge in [0.25, 0.3) is 0 Å². The fraction of sp³-hybridized carbons (Fsp3) is 0. The molecule has 0 unspecified atom stereocenters. The molecule has 0 aliphatic carbocycles. The molecule has 0 fully saturated rings. The molecule has 0 aromatic heterocycles. The van der Waals surface area contributed by atoms with Crippen molar-refractivity contribution in [1.29, 1.82) is 0 Å². The fourth-order valence-corrected chi connectivity index (χ4v) is 0. The van der Waals surface area contributed by atoms with Crippen LogP contribution < -0.4 is 0 Å². The van der Waals surface area contributed by atoms with E-state index in [1.807, 2.05) is 0 Å². The van der Waals surface area contributed by atoms with Crippen molar-refractivity contribution in [1.82, 2.24) is 0 Å². The van der Waals surface area contributed by atoms with Crippen molar-refractivity contribution < 1.29 is 37.7 Å². The molecule has 0 aliphatic rings. The van der Waals surface area contributed by atoms with Gasteiger partial charge in [-0.05, 0) is 0 Å². The molecule has 4 heteroatoms. The van der Waals surface area contributed by atoms with Gasteiger partial charge in [0, 0.05) is 37.7 Å². The molecule has 0 saturated carbocycles. The summed E-state index contributed by atoms with van der Waals surface area (Å²) >= 11 is 0. The molecule has 0 rings (SSSR count). The zero-order valence-electron chi connectivity index (χ0n) is 0.302. The second kappa shape index (κ2) is 15.7. The standard InChI is InChI=1S/Ho.3Na.3H. The summed E-state index contributed by atoms with van der Waals surface area (Å²) in [6, 6.07) is 0. The molecular formula is H3HoNa3. The van der Waals surface area contributed by atoms with Gasteiger partial charge >= 0.3 is 88.7 Å². The van der Waals surface area contributed by atoms with E-state index in [-0.39, 0.29) is 126 Å². The van der Waals surface area contributed by atoms with Crippen molar-refractivity contribution in [2.75, 3.05) is 0 Å². The molecule has 0 heterocycles. The van der Waals surface area contributed by atoms with E-state index in [9.17, 15) is 0 Å². The molecule has 4 heavy (non-hydrogen) atoms. The van der Waals surface area contributed by atoms with Crippen molar-refractivity contribution in [3.63, 3.8) is 0 Å². The maximum atomic E-state index is 0. The van der Waals surface area contributed by atoms with Crippen molar-refractivity contribution in [2.24, 2.45) is 0 Å². The Bertz CT molecular complexity index is 3.25. The predicted molar refractivity (Wildman–Crippen MR) is 21.4 cm³/mol. The van der Waals surface area contributed by atoms with E-state index in [0.717, 1.165) is 0 Å². The van der Waals surface area contributed by atoms with E-state index < -0.39 is 0 Å². The first kappa shape index (κ1) is 24.0. The molecule has 1 radical (unpaired) electrons. The maximum absolute atomic E-state index is 0. The summed E-state index contributed by atoms with van der Waals surface area (Å²) in [5.74, 6) is 0. The Kier molecular flexibility index (Phi) is 94.0. The van der Waals surface area contributed by atoms with Crippen LogP contribution >= 0.6 is 0 Å². The minimum atomic E-state index is 0. The van der Waals surface area contributed by atoms with Gasteiger partial charge in [0.05, 0.1) is 0 Å². The van der Waals surface area contributed by atoms with Gasteiger partial charge in [0.15, 0.2) is 0 Å². The zero-order valence-corrected chi connectivity index (χ0v) is 2.24. The van der Waals surface area contributed by atoms with Crippen LogP contribution in [0.5, 0.6) is 0 Å². The van der Waals surface area contributed by atoms with Gasteiger partial charge in [-0.3, -0.25) is 0 Å². The molecule has 0 atom stereocenters. The molecule has 0 amide bonds. The van der Waals surface area contributed by atoms with Crippen molar-refractivity contribution in [2.45, 2.75) is 0 Å². The monoisotopic (exact) mass is 237 g/mol. The Morgan fingerprint density at radius 1 is 0.500 bits per heavy atom. The summed E-state index contributed by atoms with van der Waals surface area (Å²) in [5.41, 5.74) is 0. The van der Waals surface area contributed by atoms with Crippen molar-refractivity contribution in [3.05, 3.63) is 0 Å². The zero-order chi connectivity index (χ0) is 0. The number of hydrogen-bond donors (Lipinski definition) is 0. The van der Waals surface area contributed by atoms with Crippen LogP contribution in [0.4, 0.5) is 0 Å². The summed E-state index contributed by atoms with van der Waals surface area (Å²) in [6.07, 6.45) is 0. The summed E-state index contributed by atoms with van der Waals surface area (Å²) in [5, 5.41) is 0. The third-order valence-corrected chi connectivity index (χ3v) is 0. The average Bonchev–Trinajstić information content (AvgIpc) is 0. The van der Waals surface area contributed by atoms with E-state index in [0.29, 0.717) is 0 Å². The predicted octanol–water partition coefficient (Wildman–Crippen LogP) is -1.95. The van der Waals surface area contributed by atoms with Gasteiger partial charge in [-0.15, -0.1) is 0 Å². The number of hydrogen-bond acceptors (Lipinski definition) is 0. The van der Waals surface area contributed by atoms with Gasteiger partial charge in [-0.25, -0.2) is 0 Å². The summed E-state index contributed by atoms with van der Waals surface area (Å²) < 4.78 is 0. The number of rotatable bonds is 0. The van der Waals surface area contributed by atoms with Crippen LogP contribution in [0.3, 0.4) is 0 Å². The van der Waals surface area contributed by atoms with Gasteiger partial charge in [0.2, 0.25) is 0 Å². The third kappa shape index (κ3) is 9.54. The van der Waals surface area contributed by atoms with Crippen molar-refractivity contribution in [3.8, 4) is 0 Å². The van der Waals surface area contributed by atoms with Crippen LogP contribution in [-0.2, 0) is 0 Å². The summed E-state index contributed by atoms with van der Waals surface area (Å²) in [4.78, 5) is 0. The quantitative estimate of drug-likeness (QED) is 0.430. The molecule has 0 nitrogen and oxygen atoms in total. The normalized spacial score (nSPS) is 0. The molecule has 0 aromatic carbocycles. The SMILES string of the molecule is [Ho].[NaH].[NaH].[NaH]. The van der Waals surface area contributed by atoms with Crippen LogP contribution in [-0.4, -0.2) is 88.7 Å². The molecule has 0 saturated heterocycles. The van der Waals surface area contributed by atoms with E-state index in [1.54, 1.807) is 0 Å². The molecule has 0 aliphatic heterocycles. The van der Waals surface area contributed by atoms with Gasteiger partial charge in [-0.1, -0.05) is 0 Å². The second-order valence-corrected chi connectivity index (χ2v) is 0. The molecular weight excluding hydrogens is 234 g/mol.